The molecule has 0 aromatic carbocycles. The average Bonchev–Trinajstić information content (AvgIpc) is 2.74. The lowest BCUT2D eigenvalue weighted by Crippen LogP contribution is -2.12. The van der Waals surface area contributed by atoms with E-state index in [4.69, 9.17) is 4.98 Å². The Morgan fingerprint density at radius 2 is 2.06 bits per heavy atom. The van der Waals surface area contributed by atoms with Crippen LogP contribution in [0.15, 0.2) is 24.5 Å². The number of hydrogen-bond acceptors (Lipinski definition) is 3. The highest BCUT2D eigenvalue weighted by Crippen LogP contribution is 2.27. The van der Waals surface area contributed by atoms with Gasteiger partial charge in [0, 0.05) is 23.5 Å². The fourth-order valence-electron chi connectivity index (χ4n) is 1.74. The van der Waals surface area contributed by atoms with Gasteiger partial charge in [-0.05, 0) is 12.1 Å². The van der Waals surface area contributed by atoms with E-state index in [0.717, 1.165) is 21.0 Å². The van der Waals surface area contributed by atoms with Gasteiger partial charge in [0.1, 0.15) is 4.83 Å². The summed E-state index contributed by atoms with van der Waals surface area (Å²) in [4.78, 5) is 11.1. The molecule has 0 amide bonds. The lowest BCUT2D eigenvalue weighted by molar-refractivity contribution is 0.572. The monoisotopic (exact) mass is 231 g/mol. The zero-order chi connectivity index (χ0) is 11.3. The molecule has 0 saturated heterocycles. The highest BCUT2D eigenvalue weighted by atomic mass is 32.1. The van der Waals surface area contributed by atoms with Crippen LogP contribution in [0.1, 0.15) is 26.5 Å². The van der Waals surface area contributed by atoms with Crippen molar-refractivity contribution in [3.63, 3.8) is 0 Å². The van der Waals surface area contributed by atoms with Crippen molar-refractivity contribution in [1.29, 1.82) is 0 Å². The molecule has 4 heteroatoms. The maximum atomic E-state index is 4.71. The fraction of sp³-hybridized carbons (Fsp3) is 0.333. The molecule has 3 heterocycles. The topological polar surface area (TPSA) is 30.2 Å². The number of fused-ring (bicyclic) bond motifs is 3. The Kier molecular flexibility index (Phi) is 1.86. The largest absolute Gasteiger partial charge is 0.289 e. The van der Waals surface area contributed by atoms with Gasteiger partial charge in [-0.1, -0.05) is 32.1 Å². The molecular weight excluding hydrogens is 218 g/mol. The van der Waals surface area contributed by atoms with Crippen LogP contribution in [0.2, 0.25) is 0 Å². The molecule has 0 fully saturated rings. The molecule has 0 N–H and O–H groups in total. The van der Waals surface area contributed by atoms with Crippen LogP contribution in [0, 0.1) is 0 Å². The molecule has 0 radical (unpaired) electrons. The van der Waals surface area contributed by atoms with Crippen molar-refractivity contribution in [2.45, 2.75) is 26.2 Å². The number of nitrogens with zero attached hydrogens (tertiary/aromatic N) is 3. The molecule has 16 heavy (non-hydrogen) atoms. The minimum absolute atomic E-state index is 0.0975. The van der Waals surface area contributed by atoms with Crippen molar-refractivity contribution in [2.24, 2.45) is 0 Å². The second kappa shape index (κ2) is 3.04. The minimum atomic E-state index is 0.0975. The van der Waals surface area contributed by atoms with Gasteiger partial charge in [-0.15, -0.1) is 0 Å². The Bertz CT molecular complexity index is 658. The Morgan fingerprint density at radius 1 is 1.25 bits per heavy atom. The molecule has 3 aromatic rings. The molecule has 0 unspecified atom stereocenters. The van der Waals surface area contributed by atoms with Crippen molar-refractivity contribution >= 4 is 26.6 Å². The van der Waals surface area contributed by atoms with Gasteiger partial charge < -0.3 is 0 Å². The summed E-state index contributed by atoms with van der Waals surface area (Å²) in [7, 11) is 0. The van der Waals surface area contributed by atoms with Gasteiger partial charge in [-0.25, -0.2) is 9.97 Å². The SMILES string of the molecule is CC(C)(C)c1ccc2c(n1)sc1nccn12. The first-order valence-corrected chi connectivity index (χ1v) is 6.10. The quantitative estimate of drug-likeness (QED) is 0.594. The van der Waals surface area contributed by atoms with Crippen molar-refractivity contribution in [1.82, 2.24) is 14.4 Å². The average molecular weight is 231 g/mol. The van der Waals surface area contributed by atoms with Crippen molar-refractivity contribution < 1.29 is 0 Å². The first-order valence-electron chi connectivity index (χ1n) is 5.29. The van der Waals surface area contributed by atoms with E-state index in [-0.39, 0.29) is 5.41 Å². The maximum Gasteiger partial charge on any atom is 0.196 e. The number of rotatable bonds is 0. The lowest BCUT2D eigenvalue weighted by Gasteiger charge is -2.16. The second-order valence-electron chi connectivity index (χ2n) is 4.95. The molecule has 0 saturated carbocycles. The van der Waals surface area contributed by atoms with Crippen molar-refractivity contribution in [3.05, 3.63) is 30.2 Å². The van der Waals surface area contributed by atoms with Gasteiger partial charge in [-0.3, -0.25) is 4.40 Å². The number of aromatic nitrogens is 3. The number of pyridine rings is 1. The molecule has 0 spiro atoms. The molecule has 0 aliphatic heterocycles. The van der Waals surface area contributed by atoms with Crippen LogP contribution >= 0.6 is 11.3 Å². The summed E-state index contributed by atoms with van der Waals surface area (Å²) >= 11 is 1.64. The third-order valence-electron chi connectivity index (χ3n) is 2.66. The number of thiazole rings is 1. The second-order valence-corrected chi connectivity index (χ2v) is 5.91. The molecule has 3 nitrogen and oxygen atoms in total. The van der Waals surface area contributed by atoms with Gasteiger partial charge in [0.2, 0.25) is 0 Å². The summed E-state index contributed by atoms with van der Waals surface area (Å²) in [5, 5.41) is 0. The van der Waals surface area contributed by atoms with Crippen molar-refractivity contribution in [3.8, 4) is 0 Å². The predicted molar refractivity (Wildman–Crippen MR) is 67.1 cm³/mol. The molecular formula is C12H13N3S. The Balaban J connectivity index is 2.33. The summed E-state index contributed by atoms with van der Waals surface area (Å²) in [6.07, 6.45) is 3.80. The zero-order valence-electron chi connectivity index (χ0n) is 9.56. The van der Waals surface area contributed by atoms with Gasteiger partial charge in [0.05, 0.1) is 5.52 Å². The van der Waals surface area contributed by atoms with E-state index in [2.05, 4.69) is 42.3 Å². The predicted octanol–water partition coefficient (Wildman–Crippen LogP) is 3.24. The van der Waals surface area contributed by atoms with Crippen LogP contribution in [0.25, 0.3) is 15.3 Å². The van der Waals surface area contributed by atoms with Crippen LogP contribution in [-0.4, -0.2) is 14.4 Å². The minimum Gasteiger partial charge on any atom is -0.289 e. The molecule has 0 aliphatic rings. The number of imidazole rings is 1. The van der Waals surface area contributed by atoms with Gasteiger partial charge in [-0.2, -0.15) is 0 Å². The van der Waals surface area contributed by atoms with E-state index in [0.29, 0.717) is 0 Å². The summed E-state index contributed by atoms with van der Waals surface area (Å²) in [6, 6.07) is 4.24. The van der Waals surface area contributed by atoms with E-state index < -0.39 is 0 Å². The van der Waals surface area contributed by atoms with Gasteiger partial charge >= 0.3 is 0 Å². The van der Waals surface area contributed by atoms with E-state index in [1.165, 1.54) is 0 Å². The first kappa shape index (κ1) is 9.78. The normalized spacial score (nSPS) is 12.7. The van der Waals surface area contributed by atoms with E-state index in [1.807, 2.05) is 12.4 Å². The third-order valence-corrected chi connectivity index (χ3v) is 3.64. The van der Waals surface area contributed by atoms with Crippen LogP contribution in [0.3, 0.4) is 0 Å². The van der Waals surface area contributed by atoms with E-state index >= 15 is 0 Å². The van der Waals surface area contributed by atoms with E-state index in [9.17, 15) is 0 Å². The summed E-state index contributed by atoms with van der Waals surface area (Å²) in [6.45, 7) is 6.54. The fourth-order valence-corrected chi connectivity index (χ4v) is 2.70. The zero-order valence-corrected chi connectivity index (χ0v) is 10.4. The lowest BCUT2D eigenvalue weighted by atomic mass is 9.92. The van der Waals surface area contributed by atoms with Gasteiger partial charge in [0.15, 0.2) is 4.96 Å². The highest BCUT2D eigenvalue weighted by molar-refractivity contribution is 7.23. The number of hydrogen-bond donors (Lipinski definition) is 0. The Hall–Kier alpha value is -1.42. The Morgan fingerprint density at radius 3 is 2.81 bits per heavy atom. The molecule has 3 rings (SSSR count). The summed E-state index contributed by atoms with van der Waals surface area (Å²) in [5.74, 6) is 0. The summed E-state index contributed by atoms with van der Waals surface area (Å²) in [5.41, 5.74) is 2.37. The Labute approximate surface area is 97.8 Å². The van der Waals surface area contributed by atoms with Crippen LogP contribution < -0.4 is 0 Å². The molecule has 0 bridgehead atoms. The molecule has 0 atom stereocenters. The molecule has 0 aliphatic carbocycles. The standard InChI is InChI=1S/C12H13N3S/c1-12(2,3)9-5-4-8-10(14-9)16-11-13-6-7-15(8)11/h4-7H,1-3H3. The molecule has 3 aromatic heterocycles. The maximum absolute atomic E-state index is 4.71. The van der Waals surface area contributed by atoms with Crippen LogP contribution in [-0.2, 0) is 5.41 Å². The van der Waals surface area contributed by atoms with Crippen LogP contribution in [0.4, 0.5) is 0 Å². The van der Waals surface area contributed by atoms with Gasteiger partial charge in [0.25, 0.3) is 0 Å². The smallest absolute Gasteiger partial charge is 0.196 e. The van der Waals surface area contributed by atoms with E-state index in [1.54, 1.807) is 11.3 Å². The third kappa shape index (κ3) is 1.33. The highest BCUT2D eigenvalue weighted by Gasteiger charge is 2.17. The molecule has 82 valence electrons. The first-order chi connectivity index (χ1) is 7.55. The van der Waals surface area contributed by atoms with Crippen molar-refractivity contribution in [2.75, 3.05) is 0 Å². The van der Waals surface area contributed by atoms with Crippen LogP contribution in [0.5, 0.6) is 0 Å². The summed E-state index contributed by atoms with van der Waals surface area (Å²) < 4.78 is 2.08.